The van der Waals surface area contributed by atoms with Crippen LogP contribution in [0.2, 0.25) is 0 Å². The Morgan fingerprint density at radius 1 is 0.337 bits per heavy atom. The van der Waals surface area contributed by atoms with E-state index in [1.165, 1.54) is 103 Å². The van der Waals surface area contributed by atoms with E-state index in [1.807, 2.05) is 0 Å². The minimum Gasteiger partial charge on any atom is -0.462 e. The maximum atomic E-state index is 13.0. The first-order valence-corrected chi connectivity index (χ1v) is 36.3. The van der Waals surface area contributed by atoms with Crippen LogP contribution in [0.3, 0.4) is 0 Å². The zero-order chi connectivity index (χ0) is 61.8. The zero-order valence-electron chi connectivity index (χ0n) is 53.8. The van der Waals surface area contributed by atoms with Crippen molar-refractivity contribution in [3.63, 3.8) is 0 Å². The second kappa shape index (κ2) is 54.2. The maximum absolute atomic E-state index is 13.0. The Balaban J connectivity index is 5.23. The van der Waals surface area contributed by atoms with Gasteiger partial charge in [0.25, 0.3) is 0 Å². The summed E-state index contributed by atoms with van der Waals surface area (Å²) in [6.45, 7) is 13.9. The third-order valence-electron chi connectivity index (χ3n) is 15.7. The van der Waals surface area contributed by atoms with E-state index in [2.05, 4.69) is 55.4 Å². The Kier molecular flexibility index (Phi) is 53.0. The predicted octanol–water partition coefficient (Wildman–Crippen LogP) is 17.4. The normalized spacial score (nSPS) is 15.4. The minimum absolute atomic E-state index is 0.101. The molecule has 0 rings (SSSR count). The molecule has 0 aromatic rings. The van der Waals surface area contributed by atoms with Crippen molar-refractivity contribution >= 4 is 39.5 Å². The first-order chi connectivity index (χ1) is 39.7. The third-order valence-corrected chi connectivity index (χ3v) is 17.6. The van der Waals surface area contributed by atoms with Crippen LogP contribution in [0.5, 0.6) is 0 Å². The monoisotopic (exact) mass is 1230 g/mol. The van der Waals surface area contributed by atoms with Crippen LogP contribution in [-0.4, -0.2) is 96.7 Å². The molecular formula is C64H124O17P2. The fraction of sp³-hybridized carbons (Fsp3) is 0.938. The van der Waals surface area contributed by atoms with Crippen molar-refractivity contribution in [2.75, 3.05) is 39.6 Å². The summed E-state index contributed by atoms with van der Waals surface area (Å²) in [5, 5.41) is 10.5. The summed E-state index contributed by atoms with van der Waals surface area (Å²) in [5.74, 6) is 0.784. The van der Waals surface area contributed by atoms with Gasteiger partial charge in [-0.2, -0.15) is 0 Å². The van der Waals surface area contributed by atoms with E-state index < -0.39 is 97.5 Å². The molecule has 0 saturated heterocycles. The van der Waals surface area contributed by atoms with Gasteiger partial charge in [0.2, 0.25) is 0 Å². The second-order valence-corrected chi connectivity index (χ2v) is 27.3. The summed E-state index contributed by atoms with van der Waals surface area (Å²) in [6, 6.07) is 0. The highest BCUT2D eigenvalue weighted by Crippen LogP contribution is 2.45. The molecule has 0 fully saturated rings. The van der Waals surface area contributed by atoms with Gasteiger partial charge in [-0.25, -0.2) is 9.13 Å². The lowest BCUT2D eigenvalue weighted by Crippen LogP contribution is -2.30. The van der Waals surface area contributed by atoms with E-state index >= 15 is 0 Å². The molecule has 0 aliphatic heterocycles. The highest BCUT2D eigenvalue weighted by molar-refractivity contribution is 7.47. The number of carbonyl (C=O) groups is 4. The molecule has 3 N–H and O–H groups in total. The summed E-state index contributed by atoms with van der Waals surface area (Å²) < 4.78 is 67.9. The van der Waals surface area contributed by atoms with Crippen LogP contribution in [0.25, 0.3) is 0 Å². The molecule has 8 atom stereocenters. The molecule has 17 nitrogen and oxygen atoms in total. The number of unbranched alkanes of at least 4 members (excludes halogenated alkanes) is 24. The highest BCUT2D eigenvalue weighted by Gasteiger charge is 2.30. The first-order valence-electron chi connectivity index (χ1n) is 33.3. The van der Waals surface area contributed by atoms with Crippen LogP contribution < -0.4 is 0 Å². The molecule has 0 radical (unpaired) electrons. The largest absolute Gasteiger partial charge is 0.472 e. The van der Waals surface area contributed by atoms with Gasteiger partial charge in [-0.1, -0.05) is 254 Å². The lowest BCUT2D eigenvalue weighted by atomic mass is 9.99. The summed E-state index contributed by atoms with van der Waals surface area (Å²) in [6.07, 6.45) is 33.6. The number of ether oxygens (including phenoxy) is 4. The Morgan fingerprint density at radius 2 is 0.578 bits per heavy atom. The molecule has 19 heteroatoms. The molecular weight excluding hydrogens is 1100 g/mol. The van der Waals surface area contributed by atoms with Gasteiger partial charge in [0.05, 0.1) is 26.4 Å². The van der Waals surface area contributed by atoms with Crippen molar-refractivity contribution in [1.29, 1.82) is 0 Å². The second-order valence-electron chi connectivity index (χ2n) is 24.4. The topological polar surface area (TPSA) is 237 Å². The number of phosphoric acid groups is 2. The van der Waals surface area contributed by atoms with Crippen LogP contribution in [0.1, 0.15) is 306 Å². The van der Waals surface area contributed by atoms with Gasteiger partial charge in [0.1, 0.15) is 19.3 Å². The van der Waals surface area contributed by atoms with Crippen molar-refractivity contribution in [1.82, 2.24) is 0 Å². The fourth-order valence-corrected chi connectivity index (χ4v) is 10.9. The molecule has 0 bridgehead atoms. The van der Waals surface area contributed by atoms with E-state index in [4.69, 9.17) is 37.0 Å². The number of phosphoric ester groups is 2. The Bertz CT molecular complexity index is 1670. The van der Waals surface area contributed by atoms with Gasteiger partial charge in [0, 0.05) is 25.7 Å². The number of aliphatic hydroxyl groups is 1. The fourth-order valence-electron chi connectivity index (χ4n) is 9.33. The van der Waals surface area contributed by atoms with Gasteiger partial charge in [-0.15, -0.1) is 0 Å². The SMILES string of the molecule is CCC(C)CCCCCCCCCCCCC(=O)OC[C@H](COP(=O)(O)OC[C@@H](O)COP(=O)(O)OC[C@@H](COC(=O)CCCCCCCCC(C)CC)OC(=O)CCCCCCCCC(C)CC)OC(=O)CCCCCCCCC(C)C. The Hall–Kier alpha value is -1.94. The molecule has 0 amide bonds. The first kappa shape index (κ1) is 81.1. The minimum atomic E-state index is -4.94. The smallest absolute Gasteiger partial charge is 0.462 e. The number of hydrogen-bond acceptors (Lipinski definition) is 15. The standard InChI is InChI=1S/C64H124O17P2/c1-9-55(6)41-33-25-16-14-12-13-15-17-28-36-44-61(66)74-50-59(80-63(68)46-38-30-21-18-24-32-40-54(4)5)52-78-82(70,71)76-48-58(65)49-77-83(72,73)79-53-60(81-64(69)47-39-31-23-20-27-35-43-57(8)11-3)51-75-62(67)45-37-29-22-19-26-34-42-56(7)10-2/h54-60,65H,9-53H2,1-8H3,(H,70,71)(H,72,73)/t55?,56?,57?,58-,59-,60-/m1/s1. The van der Waals surface area contributed by atoms with Crippen LogP contribution in [0, 0.1) is 23.7 Å². The molecule has 5 unspecified atom stereocenters. The summed E-state index contributed by atoms with van der Waals surface area (Å²) in [5.41, 5.74) is 0. The maximum Gasteiger partial charge on any atom is 0.472 e. The molecule has 0 aliphatic rings. The predicted molar refractivity (Wildman–Crippen MR) is 331 cm³/mol. The van der Waals surface area contributed by atoms with Gasteiger partial charge in [-0.3, -0.25) is 37.3 Å². The Labute approximate surface area is 505 Å². The number of esters is 4. The average molecular weight is 1230 g/mol. The number of hydrogen-bond donors (Lipinski definition) is 3. The highest BCUT2D eigenvalue weighted by atomic mass is 31.2. The third kappa shape index (κ3) is 55.1. The van der Waals surface area contributed by atoms with Crippen LogP contribution in [-0.2, 0) is 65.4 Å². The summed E-state index contributed by atoms with van der Waals surface area (Å²) in [4.78, 5) is 72.2. The molecule has 492 valence electrons. The average Bonchev–Trinajstić information content (AvgIpc) is 3.46. The molecule has 0 heterocycles. The van der Waals surface area contributed by atoms with Crippen molar-refractivity contribution < 1.29 is 80.2 Å². The van der Waals surface area contributed by atoms with E-state index in [0.717, 1.165) is 114 Å². The molecule has 0 spiro atoms. The molecule has 0 aromatic heterocycles. The van der Waals surface area contributed by atoms with Gasteiger partial charge < -0.3 is 33.8 Å². The van der Waals surface area contributed by atoms with E-state index in [-0.39, 0.29) is 25.7 Å². The van der Waals surface area contributed by atoms with Crippen molar-refractivity contribution in [2.45, 2.75) is 324 Å². The molecule has 83 heavy (non-hydrogen) atoms. The van der Waals surface area contributed by atoms with Crippen LogP contribution >= 0.6 is 15.6 Å². The number of rotatable bonds is 61. The van der Waals surface area contributed by atoms with E-state index in [9.17, 15) is 43.2 Å². The lowest BCUT2D eigenvalue weighted by Gasteiger charge is -2.21. The van der Waals surface area contributed by atoms with Gasteiger partial charge in [-0.05, 0) is 49.4 Å². The van der Waals surface area contributed by atoms with E-state index in [0.29, 0.717) is 31.6 Å². The number of carbonyl (C=O) groups excluding carboxylic acids is 4. The van der Waals surface area contributed by atoms with Crippen molar-refractivity contribution in [2.24, 2.45) is 23.7 Å². The zero-order valence-corrected chi connectivity index (χ0v) is 55.6. The van der Waals surface area contributed by atoms with Gasteiger partial charge in [0.15, 0.2) is 12.2 Å². The van der Waals surface area contributed by atoms with Crippen LogP contribution in [0.4, 0.5) is 0 Å². The van der Waals surface area contributed by atoms with Crippen molar-refractivity contribution in [3.8, 4) is 0 Å². The van der Waals surface area contributed by atoms with Crippen LogP contribution in [0.15, 0.2) is 0 Å². The molecule has 0 saturated carbocycles. The molecule has 0 aliphatic carbocycles. The molecule has 0 aromatic carbocycles. The number of aliphatic hydroxyl groups excluding tert-OH is 1. The van der Waals surface area contributed by atoms with E-state index in [1.54, 1.807) is 0 Å². The van der Waals surface area contributed by atoms with Gasteiger partial charge >= 0.3 is 39.5 Å². The summed E-state index contributed by atoms with van der Waals surface area (Å²) in [7, 11) is -9.89. The Morgan fingerprint density at radius 3 is 0.855 bits per heavy atom. The lowest BCUT2D eigenvalue weighted by molar-refractivity contribution is -0.161. The quantitative estimate of drug-likeness (QED) is 0.0222. The summed E-state index contributed by atoms with van der Waals surface area (Å²) >= 11 is 0. The van der Waals surface area contributed by atoms with Crippen molar-refractivity contribution in [3.05, 3.63) is 0 Å².